The molecule has 0 rings (SSSR count). The molecule has 0 radical (unpaired) electrons. The van der Waals surface area contributed by atoms with Gasteiger partial charge in [-0.05, 0) is 109 Å². The molecule has 498 valence electrons. The number of allylic oxidation sites excluding steroid dienone is 20. The number of rotatable bonds is 65. The van der Waals surface area contributed by atoms with Gasteiger partial charge in [-0.25, -0.2) is 0 Å². The van der Waals surface area contributed by atoms with Crippen LogP contribution in [0.15, 0.2) is 122 Å². The molecule has 0 fully saturated rings. The third-order valence-corrected chi connectivity index (χ3v) is 15.2. The second-order valence-electron chi connectivity index (χ2n) is 24.8. The standard InChI is InChI=1S/C78H133NO8/c1-6-8-10-12-14-16-18-20-22-24-26-28-29-30-31-32-33-34-35-36-37-38-39-40-41-42-43-44-45-46-47-49-51-53-55-57-59-61-63-65-67-69-76(81)87-74(73-86-78(77(82)83)84-71-70-79(3,4)5)72-85-75(80)68-66-64-62-60-58-56-54-52-50-48-27-25-23-21-19-17-15-13-11-9-7-2/h8,10,14,16,19-22,25-28,30-31,33-34,36-37,39-40,74,78H,6-7,9,11-13,15,17-18,23-24,29,32,35,38,41-73H2,1-5H3/b10-8-,16-14-,21-19-,22-20-,27-25-,28-26-,31-30-,34-33-,37-36-,40-39-. The number of hydrogen-bond donors (Lipinski definition) is 0. The SMILES string of the molecule is CC/C=C\C/C=C\C/C=C\C/C=C\C/C=C\C/C=C\C/C=C\C/C=C\CCCCCCCCCCCCCCCCCCC(=O)OC(COC(=O)CCCCCCCCCCC/C=C\C/C=C\CCCCCCC)COC(OCC[N+](C)(C)C)C(=O)[O-]. The molecule has 2 atom stereocenters. The number of hydrogen-bond acceptors (Lipinski definition) is 8. The van der Waals surface area contributed by atoms with E-state index in [0.717, 1.165) is 96.3 Å². The van der Waals surface area contributed by atoms with E-state index in [4.69, 9.17) is 18.9 Å². The summed E-state index contributed by atoms with van der Waals surface area (Å²) < 4.78 is 22.8. The average Bonchev–Trinajstić information content (AvgIpc) is 3.59. The molecule has 0 bridgehead atoms. The number of carboxylic acid groups (broad SMARTS) is 1. The number of carbonyl (C=O) groups excluding carboxylic acids is 3. The van der Waals surface area contributed by atoms with Crippen molar-refractivity contribution in [3.63, 3.8) is 0 Å². The lowest BCUT2D eigenvalue weighted by Gasteiger charge is -2.26. The Hall–Kier alpha value is -4.31. The zero-order chi connectivity index (χ0) is 63.3. The summed E-state index contributed by atoms with van der Waals surface area (Å²) in [5.74, 6) is -2.28. The minimum atomic E-state index is -1.63. The van der Waals surface area contributed by atoms with Gasteiger partial charge < -0.3 is 33.3 Å². The molecule has 0 N–H and O–H groups in total. The Morgan fingerprint density at radius 1 is 0.356 bits per heavy atom. The molecule has 0 aromatic carbocycles. The fourth-order valence-electron chi connectivity index (χ4n) is 9.76. The molecular formula is C78H133NO8. The summed E-state index contributed by atoms with van der Waals surface area (Å²) in [4.78, 5) is 37.5. The molecule has 0 saturated heterocycles. The van der Waals surface area contributed by atoms with Crippen molar-refractivity contribution >= 4 is 17.9 Å². The minimum absolute atomic E-state index is 0.144. The minimum Gasteiger partial charge on any atom is -0.545 e. The van der Waals surface area contributed by atoms with Gasteiger partial charge in [-0.2, -0.15) is 0 Å². The Morgan fingerprint density at radius 3 is 0.977 bits per heavy atom. The summed E-state index contributed by atoms with van der Waals surface area (Å²) in [5.41, 5.74) is 0. The van der Waals surface area contributed by atoms with E-state index >= 15 is 0 Å². The maximum Gasteiger partial charge on any atom is 0.306 e. The predicted molar refractivity (Wildman–Crippen MR) is 370 cm³/mol. The van der Waals surface area contributed by atoms with Crippen molar-refractivity contribution in [3.05, 3.63) is 122 Å². The Bertz CT molecular complexity index is 1840. The first kappa shape index (κ1) is 82.7. The van der Waals surface area contributed by atoms with Crippen LogP contribution in [0.25, 0.3) is 0 Å². The van der Waals surface area contributed by atoms with E-state index in [1.807, 2.05) is 21.1 Å². The third kappa shape index (κ3) is 69.0. The van der Waals surface area contributed by atoms with Crippen LogP contribution in [0.1, 0.15) is 296 Å². The number of carboxylic acids is 1. The van der Waals surface area contributed by atoms with Gasteiger partial charge in [0.25, 0.3) is 0 Å². The van der Waals surface area contributed by atoms with Gasteiger partial charge in [0.05, 0.1) is 40.3 Å². The number of carbonyl (C=O) groups is 3. The van der Waals surface area contributed by atoms with Crippen molar-refractivity contribution in [1.82, 2.24) is 0 Å². The third-order valence-electron chi connectivity index (χ3n) is 15.2. The smallest absolute Gasteiger partial charge is 0.306 e. The zero-order valence-electron chi connectivity index (χ0n) is 56.9. The van der Waals surface area contributed by atoms with Crippen LogP contribution < -0.4 is 5.11 Å². The zero-order valence-corrected chi connectivity index (χ0v) is 56.9. The second-order valence-corrected chi connectivity index (χ2v) is 24.8. The first-order valence-electron chi connectivity index (χ1n) is 35.7. The maximum absolute atomic E-state index is 12.9. The number of likely N-dealkylation sites (N-methyl/N-ethyl adjacent to an activating group) is 1. The van der Waals surface area contributed by atoms with Crippen molar-refractivity contribution in [2.75, 3.05) is 47.5 Å². The molecule has 0 amide bonds. The summed E-state index contributed by atoms with van der Waals surface area (Å²) in [6.45, 7) is 4.64. The summed E-state index contributed by atoms with van der Waals surface area (Å²) >= 11 is 0. The van der Waals surface area contributed by atoms with Crippen LogP contribution in [-0.4, -0.2) is 82.3 Å². The molecule has 0 aromatic heterocycles. The normalized spacial score (nSPS) is 13.4. The van der Waals surface area contributed by atoms with Crippen LogP contribution in [0.2, 0.25) is 0 Å². The summed E-state index contributed by atoms with van der Waals surface area (Å²) in [5, 5.41) is 11.8. The van der Waals surface area contributed by atoms with Gasteiger partial charge in [0.15, 0.2) is 12.4 Å². The molecule has 0 aromatic rings. The van der Waals surface area contributed by atoms with Gasteiger partial charge in [-0.15, -0.1) is 0 Å². The topological polar surface area (TPSA) is 111 Å². The molecule has 0 spiro atoms. The number of unbranched alkanes of at least 4 members (excludes halogenated alkanes) is 30. The number of quaternary nitrogens is 1. The molecule has 0 aliphatic rings. The van der Waals surface area contributed by atoms with E-state index in [2.05, 4.69) is 135 Å². The van der Waals surface area contributed by atoms with E-state index in [1.165, 1.54) is 167 Å². The molecular weight excluding hydrogens is 1080 g/mol. The van der Waals surface area contributed by atoms with Gasteiger partial charge in [-0.1, -0.05) is 296 Å². The quantitative estimate of drug-likeness (QED) is 0.0195. The largest absolute Gasteiger partial charge is 0.545 e. The Labute approximate surface area is 536 Å². The second kappa shape index (κ2) is 67.6. The highest BCUT2D eigenvalue weighted by molar-refractivity contribution is 5.70. The molecule has 0 aliphatic carbocycles. The fraction of sp³-hybridized carbons (Fsp3) is 0.705. The van der Waals surface area contributed by atoms with E-state index in [1.54, 1.807) is 0 Å². The monoisotopic (exact) mass is 1210 g/mol. The lowest BCUT2D eigenvalue weighted by molar-refractivity contribution is -0.870. The van der Waals surface area contributed by atoms with Crippen molar-refractivity contribution in [3.8, 4) is 0 Å². The van der Waals surface area contributed by atoms with Gasteiger partial charge >= 0.3 is 11.9 Å². The van der Waals surface area contributed by atoms with Crippen LogP contribution in [0, 0.1) is 0 Å². The average molecular weight is 1210 g/mol. The Morgan fingerprint density at radius 2 is 0.655 bits per heavy atom. The summed E-state index contributed by atoms with van der Waals surface area (Å²) in [7, 11) is 5.93. The first-order valence-corrected chi connectivity index (χ1v) is 35.7. The van der Waals surface area contributed by atoms with Crippen molar-refractivity contribution in [2.24, 2.45) is 0 Å². The fourth-order valence-corrected chi connectivity index (χ4v) is 9.76. The Kier molecular flexibility index (Phi) is 64.3. The van der Waals surface area contributed by atoms with Gasteiger partial charge in [0, 0.05) is 12.8 Å². The van der Waals surface area contributed by atoms with Crippen LogP contribution in [-0.2, 0) is 33.3 Å². The molecule has 0 saturated carbocycles. The summed E-state index contributed by atoms with van der Waals surface area (Å²) in [6, 6.07) is 0. The number of aliphatic carboxylic acids is 1. The number of nitrogens with zero attached hydrogens (tertiary/aromatic N) is 1. The van der Waals surface area contributed by atoms with E-state index in [-0.39, 0.29) is 38.6 Å². The predicted octanol–water partition coefficient (Wildman–Crippen LogP) is 21.0. The Balaban J connectivity index is 4.07. The van der Waals surface area contributed by atoms with E-state index in [9.17, 15) is 19.5 Å². The highest BCUT2D eigenvalue weighted by Gasteiger charge is 2.22. The lowest BCUT2D eigenvalue weighted by atomic mass is 10.0. The van der Waals surface area contributed by atoms with Gasteiger partial charge in [0.1, 0.15) is 13.2 Å². The van der Waals surface area contributed by atoms with Crippen molar-refractivity contribution in [1.29, 1.82) is 0 Å². The number of esters is 2. The van der Waals surface area contributed by atoms with E-state index in [0.29, 0.717) is 17.4 Å². The van der Waals surface area contributed by atoms with Gasteiger partial charge in [0.2, 0.25) is 0 Å². The highest BCUT2D eigenvalue weighted by Crippen LogP contribution is 2.17. The first-order chi connectivity index (χ1) is 42.6. The maximum atomic E-state index is 12.9. The van der Waals surface area contributed by atoms with Crippen LogP contribution in [0.4, 0.5) is 0 Å². The van der Waals surface area contributed by atoms with Crippen molar-refractivity contribution in [2.45, 2.75) is 309 Å². The van der Waals surface area contributed by atoms with Crippen LogP contribution >= 0.6 is 0 Å². The van der Waals surface area contributed by atoms with Crippen LogP contribution in [0.3, 0.4) is 0 Å². The molecule has 9 heteroatoms. The van der Waals surface area contributed by atoms with E-state index < -0.39 is 24.3 Å². The molecule has 0 aliphatic heterocycles. The lowest BCUT2D eigenvalue weighted by Crippen LogP contribution is -2.44. The molecule has 87 heavy (non-hydrogen) atoms. The van der Waals surface area contributed by atoms with Gasteiger partial charge in [-0.3, -0.25) is 9.59 Å². The van der Waals surface area contributed by atoms with Crippen molar-refractivity contribution < 1.29 is 42.9 Å². The van der Waals surface area contributed by atoms with Crippen LogP contribution in [0.5, 0.6) is 0 Å². The molecule has 0 heterocycles. The molecule has 9 nitrogen and oxygen atoms in total. The highest BCUT2D eigenvalue weighted by atomic mass is 16.7. The number of ether oxygens (including phenoxy) is 4. The summed E-state index contributed by atoms with van der Waals surface area (Å²) in [6.07, 6.45) is 92.8. The molecule has 2 unspecified atom stereocenters.